The van der Waals surface area contributed by atoms with E-state index < -0.39 is 12.0 Å². The van der Waals surface area contributed by atoms with E-state index in [-0.39, 0.29) is 6.10 Å². The average molecular weight is 321 g/mol. The summed E-state index contributed by atoms with van der Waals surface area (Å²) in [6, 6.07) is 6.67. The lowest BCUT2D eigenvalue weighted by Crippen LogP contribution is -2.38. The number of aliphatic carboxylic acids is 1. The zero-order chi connectivity index (χ0) is 16.1. The second kappa shape index (κ2) is 7.77. The van der Waals surface area contributed by atoms with E-state index in [1.165, 1.54) is 0 Å². The van der Waals surface area contributed by atoms with Crippen LogP contribution in [0.3, 0.4) is 0 Å². The lowest BCUT2D eigenvalue weighted by molar-refractivity contribution is -0.144. The molecule has 3 rings (SSSR count). The van der Waals surface area contributed by atoms with E-state index >= 15 is 0 Å². The summed E-state index contributed by atoms with van der Waals surface area (Å²) in [5, 5.41) is 9.67. The van der Waals surface area contributed by atoms with Gasteiger partial charge in [-0.15, -0.1) is 0 Å². The second-order valence-corrected chi connectivity index (χ2v) is 5.85. The number of carboxylic acid groups (broad SMARTS) is 1. The van der Waals surface area contributed by atoms with Crippen molar-refractivity contribution >= 4 is 5.97 Å². The van der Waals surface area contributed by atoms with Gasteiger partial charge in [0.2, 0.25) is 0 Å². The molecule has 6 nitrogen and oxygen atoms in total. The molecule has 1 saturated heterocycles. The summed E-state index contributed by atoms with van der Waals surface area (Å²) in [6.45, 7) is 3.64. The van der Waals surface area contributed by atoms with Crippen molar-refractivity contribution in [3.63, 3.8) is 0 Å². The van der Waals surface area contributed by atoms with Crippen LogP contribution in [0, 0.1) is 0 Å². The average Bonchev–Trinajstić information content (AvgIpc) is 2.75. The molecule has 1 fully saturated rings. The summed E-state index contributed by atoms with van der Waals surface area (Å²) >= 11 is 0. The normalized spacial score (nSPS) is 22.9. The Morgan fingerprint density at radius 1 is 1.26 bits per heavy atom. The molecule has 6 heteroatoms. The highest BCUT2D eigenvalue weighted by molar-refractivity contribution is 5.76. The van der Waals surface area contributed by atoms with Crippen LogP contribution in [0.15, 0.2) is 24.3 Å². The maximum absolute atomic E-state index is 11.8. The molecule has 0 aliphatic carbocycles. The minimum Gasteiger partial charge on any atom is -0.492 e. The Bertz CT molecular complexity index is 529. The molecule has 1 aromatic carbocycles. The number of benzene rings is 1. The minimum atomic E-state index is -0.853. The summed E-state index contributed by atoms with van der Waals surface area (Å²) in [4.78, 5) is 13.7. The van der Waals surface area contributed by atoms with E-state index in [1.54, 1.807) is 0 Å². The number of para-hydroxylation sites is 1. The van der Waals surface area contributed by atoms with Crippen molar-refractivity contribution in [3.05, 3.63) is 29.8 Å². The molecule has 0 aromatic heterocycles. The monoisotopic (exact) mass is 321 g/mol. The van der Waals surface area contributed by atoms with E-state index in [2.05, 4.69) is 0 Å². The first-order valence-electron chi connectivity index (χ1n) is 8.13. The number of hydrogen-bond donors (Lipinski definition) is 1. The molecular weight excluding hydrogens is 298 g/mol. The summed E-state index contributed by atoms with van der Waals surface area (Å²) < 4.78 is 16.9. The zero-order valence-electron chi connectivity index (χ0n) is 13.1. The molecule has 0 bridgehead atoms. The fraction of sp³-hybridized carbons (Fsp3) is 0.588. The van der Waals surface area contributed by atoms with Gasteiger partial charge < -0.3 is 19.3 Å². The number of rotatable bonds is 5. The Labute approximate surface area is 135 Å². The highest BCUT2D eigenvalue weighted by Gasteiger charge is 2.32. The third kappa shape index (κ3) is 4.02. The Morgan fingerprint density at radius 2 is 2.04 bits per heavy atom. The summed E-state index contributed by atoms with van der Waals surface area (Å²) in [5.74, 6) is -0.193. The van der Waals surface area contributed by atoms with Crippen molar-refractivity contribution in [1.29, 1.82) is 0 Å². The van der Waals surface area contributed by atoms with Crippen LogP contribution in [0.4, 0.5) is 0 Å². The predicted octanol–water partition coefficient (Wildman–Crippen LogP) is 1.70. The van der Waals surface area contributed by atoms with Gasteiger partial charge >= 0.3 is 5.97 Å². The molecule has 0 spiro atoms. The molecular formula is C17H23NO5. The van der Waals surface area contributed by atoms with Gasteiger partial charge in [0.05, 0.1) is 12.7 Å². The van der Waals surface area contributed by atoms with E-state index in [1.807, 2.05) is 29.2 Å². The van der Waals surface area contributed by atoms with Gasteiger partial charge in [-0.25, -0.2) is 0 Å². The first-order valence-corrected chi connectivity index (χ1v) is 8.13. The highest BCUT2D eigenvalue weighted by Crippen LogP contribution is 2.31. The largest absolute Gasteiger partial charge is 0.492 e. The predicted molar refractivity (Wildman–Crippen MR) is 83.7 cm³/mol. The van der Waals surface area contributed by atoms with Crippen molar-refractivity contribution < 1.29 is 24.1 Å². The fourth-order valence-electron chi connectivity index (χ4n) is 3.15. The van der Waals surface area contributed by atoms with E-state index in [4.69, 9.17) is 14.2 Å². The molecule has 2 aliphatic heterocycles. The Balaban J connectivity index is 1.64. The maximum atomic E-state index is 11.8. The van der Waals surface area contributed by atoms with Gasteiger partial charge in [0.15, 0.2) is 0 Å². The highest BCUT2D eigenvalue weighted by atomic mass is 16.5. The summed E-state index contributed by atoms with van der Waals surface area (Å²) in [5.41, 5.74) is 0.712. The Hall–Kier alpha value is -1.63. The smallest absolute Gasteiger partial charge is 0.325 e. The molecule has 1 aromatic rings. The van der Waals surface area contributed by atoms with E-state index in [0.29, 0.717) is 37.6 Å². The van der Waals surface area contributed by atoms with Gasteiger partial charge in [0.1, 0.15) is 18.4 Å². The number of nitrogens with zero attached hydrogens (tertiary/aromatic N) is 1. The van der Waals surface area contributed by atoms with Gasteiger partial charge in [-0.05, 0) is 18.9 Å². The molecule has 1 unspecified atom stereocenters. The Morgan fingerprint density at radius 3 is 2.83 bits per heavy atom. The van der Waals surface area contributed by atoms with Crippen LogP contribution in [-0.2, 0) is 14.3 Å². The molecule has 2 aliphatic rings. The van der Waals surface area contributed by atoms with Crippen LogP contribution < -0.4 is 4.74 Å². The molecule has 2 heterocycles. The number of carboxylic acids is 1. The molecule has 0 saturated carbocycles. The van der Waals surface area contributed by atoms with Crippen LogP contribution in [0.1, 0.15) is 24.4 Å². The zero-order valence-corrected chi connectivity index (χ0v) is 13.1. The van der Waals surface area contributed by atoms with E-state index in [9.17, 15) is 9.90 Å². The van der Waals surface area contributed by atoms with Crippen molar-refractivity contribution in [1.82, 2.24) is 4.90 Å². The molecule has 126 valence electrons. The lowest BCUT2D eigenvalue weighted by Gasteiger charge is -2.28. The first kappa shape index (κ1) is 16.2. The van der Waals surface area contributed by atoms with Crippen LogP contribution in [0.25, 0.3) is 0 Å². The molecule has 0 amide bonds. The van der Waals surface area contributed by atoms with Gasteiger partial charge in [0.25, 0.3) is 0 Å². The SMILES string of the molecule is O=C(O)C1c2ccccc2OCCN1CCOC1CCOCC1. The fourth-order valence-corrected chi connectivity index (χ4v) is 3.15. The third-order valence-electron chi connectivity index (χ3n) is 4.35. The van der Waals surface area contributed by atoms with Gasteiger partial charge in [-0.2, -0.15) is 0 Å². The quantitative estimate of drug-likeness (QED) is 0.890. The molecule has 23 heavy (non-hydrogen) atoms. The van der Waals surface area contributed by atoms with Crippen LogP contribution in [0.5, 0.6) is 5.75 Å². The summed E-state index contributed by atoms with van der Waals surface area (Å²) in [7, 11) is 0. The van der Waals surface area contributed by atoms with E-state index in [0.717, 1.165) is 26.1 Å². The van der Waals surface area contributed by atoms with Crippen molar-refractivity contribution in [3.8, 4) is 5.75 Å². The topological polar surface area (TPSA) is 68.2 Å². The Kier molecular flexibility index (Phi) is 5.48. The van der Waals surface area contributed by atoms with Crippen LogP contribution in [0.2, 0.25) is 0 Å². The minimum absolute atomic E-state index is 0.225. The van der Waals surface area contributed by atoms with Crippen LogP contribution in [-0.4, -0.2) is 61.6 Å². The molecule has 1 atom stereocenters. The van der Waals surface area contributed by atoms with Crippen molar-refractivity contribution in [2.24, 2.45) is 0 Å². The number of fused-ring (bicyclic) bond motifs is 1. The second-order valence-electron chi connectivity index (χ2n) is 5.85. The molecule has 1 N–H and O–H groups in total. The lowest BCUT2D eigenvalue weighted by atomic mass is 10.0. The first-order chi connectivity index (χ1) is 11.3. The standard InChI is InChI=1S/C17H23NO5/c19-17(20)16-14-3-1-2-4-15(14)23-12-8-18(16)7-11-22-13-5-9-21-10-6-13/h1-4,13,16H,5-12H2,(H,19,20). The van der Waals surface area contributed by atoms with Crippen molar-refractivity contribution in [2.75, 3.05) is 39.5 Å². The van der Waals surface area contributed by atoms with Crippen LogP contribution >= 0.6 is 0 Å². The summed E-state index contributed by atoms with van der Waals surface area (Å²) in [6.07, 6.45) is 2.05. The number of ether oxygens (including phenoxy) is 3. The maximum Gasteiger partial charge on any atom is 0.325 e. The number of hydrogen-bond acceptors (Lipinski definition) is 5. The van der Waals surface area contributed by atoms with Gasteiger partial charge in [-0.1, -0.05) is 18.2 Å². The van der Waals surface area contributed by atoms with Gasteiger partial charge in [-0.3, -0.25) is 9.69 Å². The third-order valence-corrected chi connectivity index (χ3v) is 4.35. The van der Waals surface area contributed by atoms with Crippen molar-refractivity contribution in [2.45, 2.75) is 25.0 Å². The number of carbonyl (C=O) groups is 1. The molecule has 0 radical (unpaired) electrons. The van der Waals surface area contributed by atoms with Gasteiger partial charge in [0, 0.05) is 31.9 Å².